The van der Waals surface area contributed by atoms with Crippen LogP contribution in [0.3, 0.4) is 0 Å². The van der Waals surface area contributed by atoms with Crippen LogP contribution < -0.4 is 4.90 Å². The van der Waals surface area contributed by atoms with Gasteiger partial charge in [0.25, 0.3) is 5.91 Å². The smallest absolute Gasteiger partial charge is 0.260 e. The maximum Gasteiger partial charge on any atom is 0.260 e. The molecule has 2 heterocycles. The van der Waals surface area contributed by atoms with E-state index in [2.05, 4.69) is 24.0 Å². The first-order valence-electron chi connectivity index (χ1n) is 13.0. The standard InChI is InChI=1S/C27H34N4O4S2/c1-3-20-5-12-24-25(19-20)36-27(28-24)31(14-4-13-30-15-17-35-18-16-30)26(32)21-6-10-23(11-7-21)37(33,34)29(2)22-8-9-22/h5-7,10-12,19,22H,3-4,8-9,13-18H2,1-2H3. The lowest BCUT2D eigenvalue weighted by atomic mass is 10.2. The van der Waals surface area contributed by atoms with E-state index < -0.39 is 10.0 Å². The number of aryl methyl sites for hydroxylation is 1. The number of thiazole rings is 1. The molecule has 3 aromatic rings. The lowest BCUT2D eigenvalue weighted by molar-refractivity contribution is 0.0376. The molecule has 2 aromatic carbocycles. The summed E-state index contributed by atoms with van der Waals surface area (Å²) in [6.07, 6.45) is 3.54. The minimum Gasteiger partial charge on any atom is -0.379 e. The molecular weight excluding hydrogens is 508 g/mol. The Hall–Kier alpha value is -2.37. The van der Waals surface area contributed by atoms with Crippen LogP contribution >= 0.6 is 11.3 Å². The molecule has 0 radical (unpaired) electrons. The van der Waals surface area contributed by atoms with Gasteiger partial charge in [0.2, 0.25) is 10.0 Å². The molecule has 1 saturated heterocycles. The van der Waals surface area contributed by atoms with Gasteiger partial charge < -0.3 is 4.74 Å². The molecule has 8 nitrogen and oxygen atoms in total. The highest BCUT2D eigenvalue weighted by atomic mass is 32.2. The summed E-state index contributed by atoms with van der Waals surface area (Å²) in [7, 11) is -1.93. The van der Waals surface area contributed by atoms with E-state index in [4.69, 9.17) is 9.72 Å². The normalized spacial score (nSPS) is 16.9. The second-order valence-electron chi connectivity index (χ2n) is 9.69. The van der Waals surface area contributed by atoms with E-state index in [0.29, 0.717) is 17.2 Å². The summed E-state index contributed by atoms with van der Waals surface area (Å²) >= 11 is 1.52. The maximum absolute atomic E-state index is 13.7. The number of fused-ring (bicyclic) bond motifs is 1. The van der Waals surface area contributed by atoms with E-state index in [1.807, 2.05) is 6.07 Å². The molecule has 2 aliphatic rings. The minimum absolute atomic E-state index is 0.0838. The Kier molecular flexibility index (Phi) is 7.92. The van der Waals surface area contributed by atoms with Crippen LogP contribution in [0.5, 0.6) is 0 Å². The Labute approximate surface area is 222 Å². The highest BCUT2D eigenvalue weighted by molar-refractivity contribution is 7.89. The van der Waals surface area contributed by atoms with Gasteiger partial charge in [-0.3, -0.25) is 14.6 Å². The third-order valence-electron chi connectivity index (χ3n) is 7.12. The van der Waals surface area contributed by atoms with Gasteiger partial charge in [0, 0.05) is 44.8 Å². The zero-order valence-electron chi connectivity index (χ0n) is 21.4. The van der Waals surface area contributed by atoms with Gasteiger partial charge in [0.1, 0.15) is 0 Å². The second-order valence-corrected chi connectivity index (χ2v) is 12.7. The molecule has 0 atom stereocenters. The number of benzene rings is 2. The molecule has 198 valence electrons. The van der Waals surface area contributed by atoms with E-state index in [1.165, 1.54) is 21.2 Å². The first-order chi connectivity index (χ1) is 17.9. The Bertz CT molecular complexity index is 1350. The molecule has 1 aromatic heterocycles. The second kappa shape index (κ2) is 11.2. The number of rotatable bonds is 10. The number of ether oxygens (including phenoxy) is 1. The topological polar surface area (TPSA) is 83.0 Å². The molecule has 1 amide bonds. The molecule has 0 bridgehead atoms. The van der Waals surface area contributed by atoms with Gasteiger partial charge in [0.05, 0.1) is 28.3 Å². The highest BCUT2D eigenvalue weighted by Crippen LogP contribution is 2.32. The Balaban J connectivity index is 1.38. The SMILES string of the molecule is CCc1ccc2nc(N(CCCN3CCOCC3)C(=O)c3ccc(S(=O)(=O)N(C)C4CC4)cc3)sc2c1. The zero-order valence-corrected chi connectivity index (χ0v) is 23.1. The molecule has 1 aliphatic carbocycles. The van der Waals surface area contributed by atoms with Crippen molar-refractivity contribution in [2.24, 2.45) is 0 Å². The minimum atomic E-state index is -3.56. The summed E-state index contributed by atoms with van der Waals surface area (Å²) in [4.78, 5) is 22.8. The number of amides is 1. The predicted octanol–water partition coefficient (Wildman–Crippen LogP) is 4.01. The summed E-state index contributed by atoms with van der Waals surface area (Å²) in [6.45, 7) is 6.82. The van der Waals surface area contributed by atoms with Crippen molar-refractivity contribution < 1.29 is 17.9 Å². The van der Waals surface area contributed by atoms with Crippen molar-refractivity contribution in [3.63, 3.8) is 0 Å². The number of nitrogens with zero attached hydrogens (tertiary/aromatic N) is 4. The average molecular weight is 543 g/mol. The third kappa shape index (κ3) is 5.88. The van der Waals surface area contributed by atoms with Gasteiger partial charge in [-0.15, -0.1) is 0 Å². The number of carbonyl (C=O) groups is 1. The van der Waals surface area contributed by atoms with Crippen LogP contribution in [0.4, 0.5) is 5.13 Å². The van der Waals surface area contributed by atoms with Crippen molar-refractivity contribution in [3.05, 3.63) is 53.6 Å². The summed E-state index contributed by atoms with van der Waals surface area (Å²) in [5.41, 5.74) is 2.57. The van der Waals surface area contributed by atoms with Gasteiger partial charge in [-0.1, -0.05) is 24.3 Å². The number of morpholine rings is 1. The molecule has 10 heteroatoms. The Morgan fingerprint density at radius 1 is 1.14 bits per heavy atom. The van der Waals surface area contributed by atoms with Gasteiger partial charge in [0.15, 0.2) is 5.13 Å². The number of sulfonamides is 1. The van der Waals surface area contributed by atoms with Crippen LogP contribution in [-0.4, -0.2) is 81.0 Å². The number of hydrogen-bond donors (Lipinski definition) is 0. The van der Waals surface area contributed by atoms with E-state index in [1.54, 1.807) is 36.2 Å². The predicted molar refractivity (Wildman–Crippen MR) is 147 cm³/mol. The van der Waals surface area contributed by atoms with Crippen LogP contribution in [0.1, 0.15) is 42.1 Å². The van der Waals surface area contributed by atoms with Crippen LogP contribution in [0, 0.1) is 0 Å². The molecule has 1 aliphatic heterocycles. The maximum atomic E-state index is 13.7. The number of aromatic nitrogens is 1. The van der Waals surface area contributed by atoms with E-state index in [9.17, 15) is 13.2 Å². The van der Waals surface area contributed by atoms with Crippen molar-refractivity contribution in [2.45, 2.75) is 43.5 Å². The number of carbonyl (C=O) groups excluding carboxylic acids is 1. The van der Waals surface area contributed by atoms with Crippen LogP contribution in [0.2, 0.25) is 0 Å². The van der Waals surface area contributed by atoms with Gasteiger partial charge in [-0.05, 0) is 67.6 Å². The lowest BCUT2D eigenvalue weighted by Crippen LogP contribution is -2.39. The average Bonchev–Trinajstić information content (AvgIpc) is 3.69. The first-order valence-corrected chi connectivity index (χ1v) is 15.2. The fourth-order valence-corrected chi connectivity index (χ4v) is 7.05. The quantitative estimate of drug-likeness (QED) is 0.385. The van der Waals surface area contributed by atoms with Crippen LogP contribution in [-0.2, 0) is 21.2 Å². The van der Waals surface area contributed by atoms with Gasteiger partial charge in [-0.25, -0.2) is 13.4 Å². The Morgan fingerprint density at radius 3 is 2.54 bits per heavy atom. The largest absolute Gasteiger partial charge is 0.379 e. The van der Waals surface area contributed by atoms with Gasteiger partial charge in [-0.2, -0.15) is 4.31 Å². The molecule has 1 saturated carbocycles. The number of hydrogen-bond acceptors (Lipinski definition) is 7. The van der Waals surface area contributed by atoms with Crippen molar-refractivity contribution in [1.29, 1.82) is 0 Å². The van der Waals surface area contributed by atoms with E-state index >= 15 is 0 Å². The molecule has 0 N–H and O–H groups in total. The summed E-state index contributed by atoms with van der Waals surface area (Å²) in [5.74, 6) is -0.170. The summed E-state index contributed by atoms with van der Waals surface area (Å²) in [5, 5.41) is 0.667. The van der Waals surface area contributed by atoms with Gasteiger partial charge >= 0.3 is 0 Å². The Morgan fingerprint density at radius 2 is 1.86 bits per heavy atom. The summed E-state index contributed by atoms with van der Waals surface area (Å²) in [6, 6.07) is 12.6. The van der Waals surface area contributed by atoms with Crippen molar-refractivity contribution in [2.75, 3.05) is 51.3 Å². The van der Waals surface area contributed by atoms with Crippen molar-refractivity contribution >= 4 is 42.6 Å². The van der Waals surface area contributed by atoms with Crippen molar-refractivity contribution in [3.8, 4) is 0 Å². The first kappa shape index (κ1) is 26.2. The lowest BCUT2D eigenvalue weighted by Gasteiger charge is -2.27. The van der Waals surface area contributed by atoms with Crippen LogP contribution in [0.15, 0.2) is 47.4 Å². The molecule has 5 rings (SSSR count). The molecule has 37 heavy (non-hydrogen) atoms. The molecular formula is C27H34N4O4S2. The molecule has 2 fully saturated rings. The summed E-state index contributed by atoms with van der Waals surface area (Å²) < 4.78 is 33.8. The third-order valence-corrected chi connectivity index (χ3v) is 10.1. The van der Waals surface area contributed by atoms with Crippen molar-refractivity contribution in [1.82, 2.24) is 14.2 Å². The fraction of sp³-hybridized carbons (Fsp3) is 0.481. The zero-order chi connectivity index (χ0) is 26.0. The highest BCUT2D eigenvalue weighted by Gasteiger charge is 2.35. The molecule has 0 unspecified atom stereocenters. The van der Waals surface area contributed by atoms with E-state index in [-0.39, 0.29) is 16.8 Å². The fourth-order valence-electron chi connectivity index (χ4n) is 4.58. The van der Waals surface area contributed by atoms with E-state index in [0.717, 1.165) is 68.7 Å². The van der Waals surface area contributed by atoms with Crippen LogP contribution in [0.25, 0.3) is 10.2 Å². The molecule has 0 spiro atoms. The monoisotopic (exact) mass is 542 g/mol. The number of anilines is 1.